The van der Waals surface area contributed by atoms with Crippen LogP contribution < -0.4 is 20.1 Å². The summed E-state index contributed by atoms with van der Waals surface area (Å²) in [6, 6.07) is 3.58. The van der Waals surface area contributed by atoms with Gasteiger partial charge in [0, 0.05) is 24.0 Å². The van der Waals surface area contributed by atoms with E-state index < -0.39 is 5.54 Å². The van der Waals surface area contributed by atoms with Crippen molar-refractivity contribution in [2.75, 3.05) is 18.4 Å². The molecule has 0 spiro atoms. The lowest BCUT2D eigenvalue weighted by Gasteiger charge is -2.20. The molecule has 1 aliphatic rings. The number of nitrogens with one attached hydrogen (secondary N) is 2. The maximum absolute atomic E-state index is 12.7. The summed E-state index contributed by atoms with van der Waals surface area (Å²) in [5, 5.41) is 7.67. The van der Waals surface area contributed by atoms with Crippen LogP contribution in [0.4, 0.5) is 9.80 Å². The quantitative estimate of drug-likeness (QED) is 0.599. The van der Waals surface area contributed by atoms with Gasteiger partial charge in [0.05, 0.1) is 14.2 Å². The minimum Gasteiger partial charge on any atom is -0.325 e. The summed E-state index contributed by atoms with van der Waals surface area (Å²) < 4.78 is 2.43. The van der Waals surface area contributed by atoms with E-state index in [2.05, 4.69) is 20.4 Å². The lowest BCUT2D eigenvalue weighted by molar-refractivity contribution is -0.120. The van der Waals surface area contributed by atoms with Gasteiger partial charge in [0.1, 0.15) is 18.2 Å². The number of thiophene rings is 1. The second-order valence-electron chi connectivity index (χ2n) is 7.66. The van der Waals surface area contributed by atoms with E-state index in [1.165, 1.54) is 46.1 Å². The number of nitrogens with zero attached hydrogens (tertiary/aromatic N) is 4. The van der Waals surface area contributed by atoms with Gasteiger partial charge in [0.25, 0.3) is 5.56 Å². The molecule has 4 heterocycles. The molecule has 1 fully saturated rings. The maximum Gasteiger partial charge on any atom is 0.322 e. The number of aromatic nitrogens is 4. The van der Waals surface area contributed by atoms with Gasteiger partial charge in [-0.25, -0.2) is 14.5 Å². The number of amides is 2. The number of thiazole rings is 1. The molecule has 2 amide bonds. The van der Waals surface area contributed by atoms with Crippen LogP contribution in [0.1, 0.15) is 31.6 Å². The van der Waals surface area contributed by atoms with Crippen molar-refractivity contribution in [3.63, 3.8) is 0 Å². The first kappa shape index (κ1) is 21.2. The number of aromatic amines is 1. The fourth-order valence-corrected chi connectivity index (χ4v) is 4.95. The maximum atomic E-state index is 12.7. The molecular formula is C20H22N6O3S2. The monoisotopic (exact) mass is 458 g/mol. The SMILES string of the molecule is CC(C)(C(=O)/C=c1\[nH]c(=O)/c(=C/c2ccc(NC(=O)N3CCCC3)s2)s1)n1cncn1. The van der Waals surface area contributed by atoms with Crippen LogP contribution in [0.25, 0.3) is 12.2 Å². The number of hydrogen-bond acceptors (Lipinski definition) is 7. The number of urea groups is 1. The molecule has 0 bridgehead atoms. The molecule has 9 nitrogen and oxygen atoms in total. The fraction of sp³-hybridized carbons (Fsp3) is 0.350. The van der Waals surface area contributed by atoms with Crippen molar-refractivity contribution in [1.29, 1.82) is 0 Å². The minimum absolute atomic E-state index is 0.0923. The Labute approximate surface area is 185 Å². The van der Waals surface area contributed by atoms with Crippen LogP contribution in [0.5, 0.6) is 0 Å². The Morgan fingerprint density at radius 2 is 2.00 bits per heavy atom. The molecule has 3 aromatic rings. The number of hydrogen-bond donors (Lipinski definition) is 2. The standard InChI is InChI=1S/C20H22N6O3S2/c1-20(2,26-12-21-11-22-26)15(27)10-17-23-18(28)14(31-17)9-13-5-6-16(30-13)24-19(29)25-7-3-4-8-25/h5-6,9-12H,3-4,7-8H2,1-2H3,(H,23,28)(H,24,29)/b14-9-,17-10+. The Morgan fingerprint density at radius 3 is 2.71 bits per heavy atom. The van der Waals surface area contributed by atoms with Gasteiger partial charge in [0.2, 0.25) is 0 Å². The molecule has 1 saturated heterocycles. The number of carbonyl (C=O) groups excluding carboxylic acids is 2. The first-order valence-corrected chi connectivity index (χ1v) is 11.4. The highest BCUT2D eigenvalue weighted by atomic mass is 32.1. The number of H-pyrrole nitrogens is 1. The van der Waals surface area contributed by atoms with Crippen LogP contribution in [0.3, 0.4) is 0 Å². The van der Waals surface area contributed by atoms with Gasteiger partial charge >= 0.3 is 6.03 Å². The van der Waals surface area contributed by atoms with Crippen LogP contribution in [0.15, 0.2) is 29.6 Å². The summed E-state index contributed by atoms with van der Waals surface area (Å²) in [4.78, 5) is 46.5. The minimum atomic E-state index is -0.919. The smallest absolute Gasteiger partial charge is 0.322 e. The first-order valence-electron chi connectivity index (χ1n) is 9.81. The van der Waals surface area contributed by atoms with E-state index in [1.807, 2.05) is 12.1 Å². The lowest BCUT2D eigenvalue weighted by Crippen LogP contribution is -2.36. The zero-order chi connectivity index (χ0) is 22.0. The van der Waals surface area contributed by atoms with Gasteiger partial charge in [-0.15, -0.1) is 22.7 Å². The van der Waals surface area contributed by atoms with Crippen LogP contribution in [0, 0.1) is 0 Å². The van der Waals surface area contributed by atoms with E-state index in [1.54, 1.807) is 24.8 Å². The van der Waals surface area contributed by atoms with Crippen molar-refractivity contribution < 1.29 is 9.59 Å². The third kappa shape index (κ3) is 4.67. The highest BCUT2D eigenvalue weighted by molar-refractivity contribution is 7.17. The summed E-state index contributed by atoms with van der Waals surface area (Å²) in [5.74, 6) is -0.204. The van der Waals surface area contributed by atoms with Crippen molar-refractivity contribution in [3.8, 4) is 0 Å². The van der Waals surface area contributed by atoms with Crippen molar-refractivity contribution in [2.24, 2.45) is 0 Å². The largest absolute Gasteiger partial charge is 0.325 e. The molecule has 0 radical (unpaired) electrons. The van der Waals surface area contributed by atoms with E-state index in [4.69, 9.17) is 0 Å². The lowest BCUT2D eigenvalue weighted by atomic mass is 10.00. The Morgan fingerprint density at radius 1 is 1.23 bits per heavy atom. The zero-order valence-corrected chi connectivity index (χ0v) is 18.8. The topological polar surface area (TPSA) is 113 Å². The van der Waals surface area contributed by atoms with E-state index >= 15 is 0 Å². The van der Waals surface area contributed by atoms with Gasteiger partial charge in [0.15, 0.2) is 5.78 Å². The second kappa shape index (κ2) is 8.60. The van der Waals surface area contributed by atoms with Crippen LogP contribution in [-0.2, 0) is 10.3 Å². The molecule has 0 atom stereocenters. The van der Waals surface area contributed by atoms with E-state index in [-0.39, 0.29) is 17.4 Å². The molecule has 1 aliphatic heterocycles. The van der Waals surface area contributed by atoms with Gasteiger partial charge in [-0.3, -0.25) is 14.9 Å². The average Bonchev–Trinajstić information content (AvgIpc) is 3.51. The van der Waals surface area contributed by atoms with Gasteiger partial charge < -0.3 is 9.88 Å². The summed E-state index contributed by atoms with van der Waals surface area (Å²) in [5.41, 5.74) is -1.18. The van der Waals surface area contributed by atoms with E-state index in [9.17, 15) is 14.4 Å². The highest BCUT2D eigenvalue weighted by Gasteiger charge is 2.28. The van der Waals surface area contributed by atoms with Crippen LogP contribution in [0.2, 0.25) is 0 Å². The summed E-state index contributed by atoms with van der Waals surface area (Å²) in [6.07, 6.45) is 8.11. The fourth-order valence-electron chi connectivity index (χ4n) is 3.16. The van der Waals surface area contributed by atoms with Crippen molar-refractivity contribution in [1.82, 2.24) is 24.6 Å². The third-order valence-corrected chi connectivity index (χ3v) is 6.97. The predicted octanol–water partition coefficient (Wildman–Crippen LogP) is 1.33. The number of anilines is 1. The van der Waals surface area contributed by atoms with Gasteiger partial charge in [-0.1, -0.05) is 0 Å². The molecule has 0 unspecified atom stereocenters. The molecule has 0 aliphatic carbocycles. The van der Waals surface area contributed by atoms with Crippen LogP contribution >= 0.6 is 22.7 Å². The molecule has 2 N–H and O–H groups in total. The Bertz CT molecular complexity index is 1260. The first-order chi connectivity index (χ1) is 14.8. The Balaban J connectivity index is 1.53. The van der Waals surface area contributed by atoms with E-state index in [0.29, 0.717) is 9.20 Å². The summed E-state index contributed by atoms with van der Waals surface area (Å²) in [6.45, 7) is 5.05. The number of carbonyl (C=O) groups is 2. The third-order valence-electron chi connectivity index (χ3n) is 5.06. The molecule has 11 heteroatoms. The molecule has 4 rings (SSSR count). The summed E-state index contributed by atoms with van der Waals surface area (Å²) >= 11 is 2.60. The molecule has 0 aromatic carbocycles. The normalized spacial score (nSPS) is 15.6. The number of Topliss-reactive ketones (excluding diaryl/α,β-unsaturated/α-hetero) is 1. The Hall–Kier alpha value is -3.05. The molecule has 31 heavy (non-hydrogen) atoms. The van der Waals surface area contributed by atoms with Crippen molar-refractivity contribution >= 4 is 51.6 Å². The van der Waals surface area contributed by atoms with Gasteiger partial charge in [-0.05, 0) is 44.9 Å². The van der Waals surface area contributed by atoms with Crippen molar-refractivity contribution in [3.05, 3.63) is 49.2 Å². The molecule has 0 saturated carbocycles. The van der Waals surface area contributed by atoms with Gasteiger partial charge in [-0.2, -0.15) is 5.10 Å². The van der Waals surface area contributed by atoms with Crippen molar-refractivity contribution in [2.45, 2.75) is 32.2 Å². The predicted molar refractivity (Wildman–Crippen MR) is 121 cm³/mol. The zero-order valence-electron chi connectivity index (χ0n) is 17.1. The number of ketones is 1. The molecule has 3 aromatic heterocycles. The second-order valence-corrected chi connectivity index (χ2v) is 9.86. The molecule has 162 valence electrons. The van der Waals surface area contributed by atoms with Crippen LogP contribution in [-0.4, -0.2) is 49.6 Å². The summed E-state index contributed by atoms with van der Waals surface area (Å²) in [7, 11) is 0. The van der Waals surface area contributed by atoms with E-state index in [0.717, 1.165) is 35.8 Å². The molecular weight excluding hydrogens is 436 g/mol. The Kier molecular flexibility index (Phi) is 5.88. The highest BCUT2D eigenvalue weighted by Crippen LogP contribution is 2.23. The average molecular weight is 459 g/mol. The number of likely N-dealkylation sites (tertiary alicyclic amines) is 1. The number of rotatable bonds is 5.